The number of rotatable bonds is 5. The molecule has 1 unspecified atom stereocenters. The first-order valence-electron chi connectivity index (χ1n) is 7.20. The number of alkyl halides is 3. The minimum atomic E-state index is -4.59. The van der Waals surface area contributed by atoms with Crippen LogP contribution in [0.4, 0.5) is 13.2 Å². The third-order valence-corrected chi connectivity index (χ3v) is 3.83. The summed E-state index contributed by atoms with van der Waals surface area (Å²) >= 11 is 0. The zero-order valence-corrected chi connectivity index (χ0v) is 12.6. The molecule has 1 saturated heterocycles. The largest absolute Gasteiger partial charge is 0.417 e. The number of likely N-dealkylation sites (tertiary alicyclic amines) is 1. The van der Waals surface area contributed by atoms with Crippen molar-refractivity contribution in [2.45, 2.75) is 51.1 Å². The van der Waals surface area contributed by atoms with Gasteiger partial charge in [0.05, 0.1) is 6.54 Å². The monoisotopic (exact) mass is 323 g/mol. The van der Waals surface area contributed by atoms with Gasteiger partial charge in [-0.05, 0) is 26.7 Å². The van der Waals surface area contributed by atoms with Gasteiger partial charge in [0.2, 0.25) is 5.89 Å². The van der Waals surface area contributed by atoms with Crippen molar-refractivity contribution >= 4 is 0 Å². The highest BCUT2D eigenvalue weighted by atomic mass is 19.4. The molecule has 1 aliphatic heterocycles. The van der Waals surface area contributed by atoms with E-state index in [1.165, 1.54) is 0 Å². The number of halogens is 3. The van der Waals surface area contributed by atoms with E-state index >= 15 is 0 Å². The number of nitrogens with zero attached hydrogens (tertiary/aromatic N) is 3. The van der Waals surface area contributed by atoms with E-state index in [4.69, 9.17) is 9.26 Å². The first-order valence-corrected chi connectivity index (χ1v) is 7.20. The van der Waals surface area contributed by atoms with E-state index < -0.39 is 11.8 Å². The van der Waals surface area contributed by atoms with E-state index in [0.29, 0.717) is 18.3 Å². The molecule has 9 heteroatoms. The van der Waals surface area contributed by atoms with Crippen molar-refractivity contribution in [1.29, 1.82) is 0 Å². The Hall–Kier alpha value is -1.19. The first-order chi connectivity index (χ1) is 10.2. The maximum atomic E-state index is 12.7. The Kier molecular flexibility index (Phi) is 5.08. The third-order valence-electron chi connectivity index (χ3n) is 3.83. The lowest BCUT2D eigenvalue weighted by Crippen LogP contribution is -2.53. The van der Waals surface area contributed by atoms with Crippen molar-refractivity contribution in [1.82, 2.24) is 15.0 Å². The summed E-state index contributed by atoms with van der Waals surface area (Å²) in [5, 5.41) is 13.4. The normalized spacial score (nSPS) is 21.0. The van der Waals surface area contributed by atoms with Crippen molar-refractivity contribution in [2.24, 2.45) is 0 Å². The van der Waals surface area contributed by atoms with Crippen molar-refractivity contribution < 1.29 is 27.5 Å². The lowest BCUT2D eigenvalue weighted by Gasteiger charge is -2.38. The van der Waals surface area contributed by atoms with Gasteiger partial charge in [0, 0.05) is 19.7 Å². The van der Waals surface area contributed by atoms with Crippen molar-refractivity contribution in [3.8, 4) is 0 Å². The van der Waals surface area contributed by atoms with Crippen molar-refractivity contribution in [3.05, 3.63) is 11.7 Å². The number of aliphatic hydroxyl groups is 1. The van der Waals surface area contributed by atoms with Crippen LogP contribution < -0.4 is 0 Å². The zero-order chi connectivity index (χ0) is 16.4. The average Bonchev–Trinajstić information content (AvgIpc) is 2.89. The quantitative estimate of drug-likeness (QED) is 0.894. The predicted octanol–water partition coefficient (Wildman–Crippen LogP) is 2.06. The van der Waals surface area contributed by atoms with Gasteiger partial charge in [-0.25, -0.2) is 0 Å². The average molecular weight is 323 g/mol. The molecule has 1 aromatic heterocycles. The van der Waals surface area contributed by atoms with Gasteiger partial charge in [0.15, 0.2) is 11.4 Å². The molecule has 0 radical (unpaired) electrons. The predicted molar refractivity (Wildman–Crippen MR) is 69.9 cm³/mol. The highest BCUT2D eigenvalue weighted by Gasteiger charge is 2.54. The summed E-state index contributed by atoms with van der Waals surface area (Å²) in [5.74, 6) is 0.750. The fourth-order valence-electron chi connectivity index (χ4n) is 2.38. The molecule has 1 aromatic rings. The molecule has 22 heavy (non-hydrogen) atoms. The van der Waals surface area contributed by atoms with Crippen molar-refractivity contribution in [3.63, 3.8) is 0 Å². The summed E-state index contributed by atoms with van der Waals surface area (Å²) < 4.78 is 48.6. The van der Waals surface area contributed by atoms with Crippen LogP contribution in [0.15, 0.2) is 4.52 Å². The second-order valence-electron chi connectivity index (χ2n) is 5.45. The molecule has 0 bridgehead atoms. The Morgan fingerprint density at radius 2 is 2.05 bits per heavy atom. The Balaban J connectivity index is 1.89. The molecule has 126 valence electrons. The van der Waals surface area contributed by atoms with Crippen LogP contribution in [0.5, 0.6) is 0 Å². The first kappa shape index (κ1) is 17.2. The highest BCUT2D eigenvalue weighted by Crippen LogP contribution is 2.38. The molecule has 0 amide bonds. The molecular weight excluding hydrogens is 303 g/mol. The van der Waals surface area contributed by atoms with Crippen LogP contribution in [-0.2, 0) is 11.3 Å². The van der Waals surface area contributed by atoms with Crippen molar-refractivity contribution in [2.75, 3.05) is 19.7 Å². The van der Waals surface area contributed by atoms with Crippen LogP contribution >= 0.6 is 0 Å². The van der Waals surface area contributed by atoms with Crippen LogP contribution in [-0.4, -0.2) is 51.6 Å². The Morgan fingerprint density at radius 1 is 1.41 bits per heavy atom. The molecule has 2 rings (SSSR count). The van der Waals surface area contributed by atoms with Crippen LogP contribution in [0.3, 0.4) is 0 Å². The maximum Gasteiger partial charge on any atom is 0.417 e. The minimum Gasteiger partial charge on any atom is -0.380 e. The minimum absolute atomic E-state index is 0.120. The second kappa shape index (κ2) is 6.51. The van der Waals surface area contributed by atoms with Crippen LogP contribution in [0.25, 0.3) is 0 Å². The summed E-state index contributed by atoms with van der Waals surface area (Å²) in [7, 11) is 0. The SMILES string of the molecule is CCOC(C)c1noc(CN2CCC(O)(C(F)(F)F)CC2)n1. The summed E-state index contributed by atoms with van der Waals surface area (Å²) in [6, 6.07) is 0. The van der Waals surface area contributed by atoms with E-state index in [1.54, 1.807) is 11.8 Å². The molecule has 1 aliphatic rings. The number of hydrogen-bond acceptors (Lipinski definition) is 6. The fourth-order valence-corrected chi connectivity index (χ4v) is 2.38. The van der Waals surface area contributed by atoms with Gasteiger partial charge in [0.1, 0.15) is 6.10 Å². The Morgan fingerprint density at radius 3 is 2.59 bits per heavy atom. The van der Waals surface area contributed by atoms with E-state index in [1.807, 2.05) is 6.92 Å². The van der Waals surface area contributed by atoms with Gasteiger partial charge in [-0.3, -0.25) is 4.90 Å². The van der Waals surface area contributed by atoms with E-state index in [9.17, 15) is 18.3 Å². The molecular formula is C13H20F3N3O3. The summed E-state index contributed by atoms with van der Waals surface area (Å²) in [6.45, 7) is 4.67. The standard InChI is InChI=1S/C13H20F3N3O3/c1-3-21-9(2)11-17-10(22-18-11)8-19-6-4-12(20,5-7-19)13(14,15)16/h9,20H,3-8H2,1-2H3. The molecule has 6 nitrogen and oxygen atoms in total. The summed E-state index contributed by atoms with van der Waals surface area (Å²) in [4.78, 5) is 5.93. The molecule has 0 spiro atoms. The molecule has 1 N–H and O–H groups in total. The van der Waals surface area contributed by atoms with Gasteiger partial charge in [-0.1, -0.05) is 5.16 Å². The molecule has 2 heterocycles. The number of aromatic nitrogens is 2. The van der Waals surface area contributed by atoms with Gasteiger partial charge in [-0.2, -0.15) is 18.2 Å². The van der Waals surface area contributed by atoms with Gasteiger partial charge < -0.3 is 14.4 Å². The van der Waals surface area contributed by atoms with Gasteiger partial charge in [0.25, 0.3) is 0 Å². The fraction of sp³-hybridized carbons (Fsp3) is 0.846. The molecule has 0 aromatic carbocycles. The molecule has 1 atom stereocenters. The molecule has 0 aliphatic carbocycles. The topological polar surface area (TPSA) is 71.6 Å². The second-order valence-corrected chi connectivity index (χ2v) is 5.45. The van der Waals surface area contributed by atoms with E-state index in [2.05, 4.69) is 10.1 Å². The highest BCUT2D eigenvalue weighted by molar-refractivity contribution is 4.94. The summed E-state index contributed by atoms with van der Waals surface area (Å²) in [5.41, 5.74) is -2.59. The lowest BCUT2D eigenvalue weighted by atomic mass is 9.91. The molecule has 0 saturated carbocycles. The van der Waals surface area contributed by atoms with Gasteiger partial charge >= 0.3 is 6.18 Å². The van der Waals surface area contributed by atoms with Gasteiger partial charge in [-0.15, -0.1) is 0 Å². The Bertz CT molecular complexity index is 484. The smallest absolute Gasteiger partial charge is 0.380 e. The van der Waals surface area contributed by atoms with E-state index in [-0.39, 0.29) is 38.6 Å². The Labute approximate surface area is 126 Å². The molecule has 1 fully saturated rings. The summed E-state index contributed by atoms with van der Waals surface area (Å²) in [6.07, 6.45) is -5.59. The number of hydrogen-bond donors (Lipinski definition) is 1. The van der Waals surface area contributed by atoms with Crippen LogP contribution in [0.2, 0.25) is 0 Å². The van der Waals surface area contributed by atoms with E-state index in [0.717, 1.165) is 0 Å². The maximum absolute atomic E-state index is 12.7. The van der Waals surface area contributed by atoms with Crippen LogP contribution in [0, 0.1) is 0 Å². The third kappa shape index (κ3) is 3.76. The van der Waals surface area contributed by atoms with Crippen LogP contribution in [0.1, 0.15) is 44.5 Å². The number of ether oxygens (including phenoxy) is 1. The zero-order valence-electron chi connectivity index (χ0n) is 12.6. The lowest BCUT2D eigenvalue weighted by molar-refractivity contribution is -0.273. The number of piperidine rings is 1.